The number of furan rings is 1. The van der Waals surface area contributed by atoms with Gasteiger partial charge >= 0.3 is 0 Å². The van der Waals surface area contributed by atoms with Gasteiger partial charge in [0.25, 0.3) is 0 Å². The Morgan fingerprint density at radius 3 is 2.33 bits per heavy atom. The lowest BCUT2D eigenvalue weighted by atomic mass is 9.92. The third-order valence-electron chi connectivity index (χ3n) is 4.21. The maximum Gasteiger partial charge on any atom is 0.106 e. The van der Waals surface area contributed by atoms with Crippen molar-refractivity contribution in [1.82, 2.24) is 5.43 Å². The van der Waals surface area contributed by atoms with Gasteiger partial charge in [-0.3, -0.25) is 5.84 Å². The number of aryl methyl sites for hydroxylation is 2. The molecule has 0 aliphatic rings. The molecule has 0 amide bonds. The maximum absolute atomic E-state index is 5.88. The second kappa shape index (κ2) is 5.35. The Morgan fingerprint density at radius 2 is 1.67 bits per heavy atom. The van der Waals surface area contributed by atoms with E-state index in [4.69, 9.17) is 10.3 Å². The first-order chi connectivity index (χ1) is 10.1. The standard InChI is InChI=1S/C18H20N2O/c1-11-12(2)21-13(3)17(11)18(20-19)16-10-6-8-14-7-4-5-9-15(14)16/h4-10,18,20H,19H2,1-3H3. The lowest BCUT2D eigenvalue weighted by Gasteiger charge is -2.19. The predicted octanol–water partition coefficient (Wildman–Crippen LogP) is 3.91. The Balaban J connectivity index is 2.23. The van der Waals surface area contributed by atoms with Crippen LogP contribution in [0.5, 0.6) is 0 Å². The van der Waals surface area contributed by atoms with E-state index in [0.717, 1.165) is 22.6 Å². The first-order valence-corrected chi connectivity index (χ1v) is 7.13. The third-order valence-corrected chi connectivity index (χ3v) is 4.21. The summed E-state index contributed by atoms with van der Waals surface area (Å²) in [7, 11) is 0. The fourth-order valence-electron chi connectivity index (χ4n) is 3.07. The van der Waals surface area contributed by atoms with Crippen molar-refractivity contribution < 1.29 is 4.42 Å². The molecule has 0 aliphatic heterocycles. The van der Waals surface area contributed by atoms with Gasteiger partial charge in [-0.25, -0.2) is 5.43 Å². The van der Waals surface area contributed by atoms with E-state index < -0.39 is 0 Å². The van der Waals surface area contributed by atoms with E-state index in [1.165, 1.54) is 16.3 Å². The van der Waals surface area contributed by atoms with Gasteiger partial charge in [0.05, 0.1) is 6.04 Å². The van der Waals surface area contributed by atoms with Gasteiger partial charge in [-0.15, -0.1) is 0 Å². The minimum absolute atomic E-state index is 0.0754. The number of rotatable bonds is 3. The second-order valence-corrected chi connectivity index (χ2v) is 5.42. The summed E-state index contributed by atoms with van der Waals surface area (Å²) >= 11 is 0. The number of fused-ring (bicyclic) bond motifs is 1. The second-order valence-electron chi connectivity index (χ2n) is 5.42. The van der Waals surface area contributed by atoms with E-state index >= 15 is 0 Å². The van der Waals surface area contributed by atoms with Crippen LogP contribution in [0.1, 0.15) is 34.3 Å². The number of nitrogens with one attached hydrogen (secondary N) is 1. The van der Waals surface area contributed by atoms with Crippen LogP contribution in [0, 0.1) is 20.8 Å². The van der Waals surface area contributed by atoms with Crippen LogP contribution in [0.15, 0.2) is 46.9 Å². The van der Waals surface area contributed by atoms with Gasteiger partial charge < -0.3 is 4.42 Å². The van der Waals surface area contributed by atoms with Gasteiger partial charge in [-0.1, -0.05) is 42.5 Å². The molecule has 3 heteroatoms. The summed E-state index contributed by atoms with van der Waals surface area (Å²) in [6.45, 7) is 6.06. The third kappa shape index (κ3) is 2.24. The molecule has 0 spiro atoms. The fraction of sp³-hybridized carbons (Fsp3) is 0.222. The summed E-state index contributed by atoms with van der Waals surface area (Å²) < 4.78 is 5.77. The van der Waals surface area contributed by atoms with Gasteiger partial charge in [-0.2, -0.15) is 0 Å². The van der Waals surface area contributed by atoms with E-state index in [1.807, 2.05) is 13.8 Å². The van der Waals surface area contributed by atoms with E-state index in [0.29, 0.717) is 0 Å². The Labute approximate surface area is 124 Å². The van der Waals surface area contributed by atoms with E-state index in [2.05, 4.69) is 54.8 Å². The Hall–Kier alpha value is -2.10. The number of nitrogens with two attached hydrogens (primary N) is 1. The quantitative estimate of drug-likeness (QED) is 0.565. The maximum atomic E-state index is 5.88. The molecule has 0 bridgehead atoms. The van der Waals surface area contributed by atoms with Crippen molar-refractivity contribution in [2.24, 2.45) is 5.84 Å². The predicted molar refractivity (Wildman–Crippen MR) is 86.0 cm³/mol. The van der Waals surface area contributed by atoms with Crippen molar-refractivity contribution in [3.05, 3.63) is 70.7 Å². The SMILES string of the molecule is Cc1oc(C)c(C(NN)c2cccc3ccccc23)c1C. The van der Waals surface area contributed by atoms with Crippen LogP contribution in [0.25, 0.3) is 10.8 Å². The largest absolute Gasteiger partial charge is 0.466 e. The van der Waals surface area contributed by atoms with E-state index in [1.54, 1.807) is 0 Å². The Morgan fingerprint density at radius 1 is 0.952 bits per heavy atom. The Bertz CT molecular complexity index is 784. The van der Waals surface area contributed by atoms with Gasteiger partial charge in [0.2, 0.25) is 0 Å². The molecule has 1 unspecified atom stereocenters. The molecule has 0 saturated carbocycles. The average molecular weight is 280 g/mol. The number of hydrazine groups is 1. The van der Waals surface area contributed by atoms with Crippen LogP contribution >= 0.6 is 0 Å². The zero-order chi connectivity index (χ0) is 15.0. The molecule has 3 N–H and O–H groups in total. The van der Waals surface area contributed by atoms with Crippen molar-refractivity contribution in [1.29, 1.82) is 0 Å². The number of hydrogen-bond acceptors (Lipinski definition) is 3. The molecule has 3 rings (SSSR count). The van der Waals surface area contributed by atoms with Gasteiger partial charge in [-0.05, 0) is 42.7 Å². The van der Waals surface area contributed by atoms with Crippen LogP contribution in [0.4, 0.5) is 0 Å². The van der Waals surface area contributed by atoms with Crippen molar-refractivity contribution in [2.75, 3.05) is 0 Å². The highest BCUT2D eigenvalue weighted by molar-refractivity contribution is 5.86. The van der Waals surface area contributed by atoms with Crippen molar-refractivity contribution in [2.45, 2.75) is 26.8 Å². The van der Waals surface area contributed by atoms with E-state index in [-0.39, 0.29) is 6.04 Å². The fourth-order valence-corrected chi connectivity index (χ4v) is 3.07. The van der Waals surface area contributed by atoms with Crippen LogP contribution in [0.3, 0.4) is 0 Å². The van der Waals surface area contributed by atoms with Crippen LogP contribution < -0.4 is 11.3 Å². The summed E-state index contributed by atoms with van der Waals surface area (Å²) in [6.07, 6.45) is 0. The molecule has 1 heterocycles. The van der Waals surface area contributed by atoms with E-state index in [9.17, 15) is 0 Å². The molecule has 0 saturated heterocycles. The first-order valence-electron chi connectivity index (χ1n) is 7.13. The molecule has 0 aliphatic carbocycles. The normalized spacial score (nSPS) is 12.8. The minimum atomic E-state index is -0.0754. The lowest BCUT2D eigenvalue weighted by molar-refractivity contribution is 0.494. The summed E-state index contributed by atoms with van der Waals surface area (Å²) in [5.41, 5.74) is 6.42. The summed E-state index contributed by atoms with van der Waals surface area (Å²) in [6, 6.07) is 14.6. The van der Waals surface area contributed by atoms with Crippen LogP contribution in [-0.2, 0) is 0 Å². The molecular formula is C18H20N2O. The lowest BCUT2D eigenvalue weighted by Crippen LogP contribution is -2.29. The highest BCUT2D eigenvalue weighted by atomic mass is 16.3. The molecule has 1 aromatic heterocycles. The molecule has 2 aromatic carbocycles. The Kier molecular flexibility index (Phi) is 3.53. The number of hydrogen-bond donors (Lipinski definition) is 2. The molecule has 0 radical (unpaired) electrons. The monoisotopic (exact) mass is 280 g/mol. The van der Waals surface area contributed by atoms with Crippen molar-refractivity contribution in [3.8, 4) is 0 Å². The molecule has 0 fully saturated rings. The minimum Gasteiger partial charge on any atom is -0.466 e. The van der Waals surface area contributed by atoms with Crippen molar-refractivity contribution >= 4 is 10.8 Å². The zero-order valence-electron chi connectivity index (χ0n) is 12.6. The summed E-state index contributed by atoms with van der Waals surface area (Å²) in [5.74, 6) is 7.75. The van der Waals surface area contributed by atoms with Crippen LogP contribution in [0.2, 0.25) is 0 Å². The smallest absolute Gasteiger partial charge is 0.106 e. The van der Waals surface area contributed by atoms with Gasteiger partial charge in [0, 0.05) is 5.56 Å². The van der Waals surface area contributed by atoms with Crippen LogP contribution in [-0.4, -0.2) is 0 Å². The molecule has 21 heavy (non-hydrogen) atoms. The summed E-state index contributed by atoms with van der Waals surface area (Å²) in [5, 5.41) is 2.42. The zero-order valence-corrected chi connectivity index (χ0v) is 12.6. The average Bonchev–Trinajstić information content (AvgIpc) is 2.75. The molecule has 3 aromatic rings. The molecular weight excluding hydrogens is 260 g/mol. The highest BCUT2D eigenvalue weighted by Gasteiger charge is 2.23. The molecule has 108 valence electrons. The van der Waals surface area contributed by atoms with Crippen molar-refractivity contribution in [3.63, 3.8) is 0 Å². The topological polar surface area (TPSA) is 51.2 Å². The number of benzene rings is 2. The first kappa shape index (κ1) is 13.9. The molecule has 3 nitrogen and oxygen atoms in total. The van der Waals surface area contributed by atoms with Gasteiger partial charge in [0.1, 0.15) is 11.5 Å². The summed E-state index contributed by atoms with van der Waals surface area (Å²) in [4.78, 5) is 0. The van der Waals surface area contributed by atoms with Gasteiger partial charge in [0.15, 0.2) is 0 Å². The molecule has 1 atom stereocenters. The highest BCUT2D eigenvalue weighted by Crippen LogP contribution is 2.34.